The van der Waals surface area contributed by atoms with Crippen LogP contribution in [0.1, 0.15) is 25.7 Å². The second-order valence-electron chi connectivity index (χ2n) is 5.34. The van der Waals surface area contributed by atoms with Gasteiger partial charge in [0.2, 0.25) is 10.0 Å². The van der Waals surface area contributed by atoms with Crippen molar-refractivity contribution in [3.05, 3.63) is 24.3 Å². The van der Waals surface area contributed by atoms with E-state index in [4.69, 9.17) is 0 Å². The second-order valence-corrected chi connectivity index (χ2v) is 8.76. The van der Waals surface area contributed by atoms with E-state index in [1.807, 2.05) is 0 Å². The summed E-state index contributed by atoms with van der Waals surface area (Å²) in [6.07, 6.45) is 4.75. The molecule has 0 saturated carbocycles. The van der Waals surface area contributed by atoms with Crippen molar-refractivity contribution in [2.24, 2.45) is 0 Å². The molecule has 1 heterocycles. The first-order valence-corrected chi connectivity index (χ1v) is 10.5. The van der Waals surface area contributed by atoms with Gasteiger partial charge in [-0.3, -0.25) is 9.44 Å². The summed E-state index contributed by atoms with van der Waals surface area (Å²) in [7, 11) is -7.17. The number of para-hydroxylation sites is 2. The van der Waals surface area contributed by atoms with E-state index in [0.29, 0.717) is 13.1 Å². The van der Waals surface area contributed by atoms with Crippen LogP contribution in [0.2, 0.25) is 0 Å². The Labute approximate surface area is 131 Å². The zero-order valence-electron chi connectivity index (χ0n) is 12.4. The normalized spacial score (nSPS) is 17.7. The van der Waals surface area contributed by atoms with Gasteiger partial charge in [-0.15, -0.1) is 0 Å². The summed E-state index contributed by atoms with van der Waals surface area (Å²) in [5, 5.41) is 0. The molecular formula is C13H21N3O4S2. The maximum atomic E-state index is 12.5. The van der Waals surface area contributed by atoms with Gasteiger partial charge in [0.15, 0.2) is 0 Å². The van der Waals surface area contributed by atoms with Gasteiger partial charge in [-0.05, 0) is 25.0 Å². The highest BCUT2D eigenvalue weighted by atomic mass is 32.2. The third-order valence-electron chi connectivity index (χ3n) is 3.37. The Morgan fingerprint density at radius 2 is 1.36 bits per heavy atom. The lowest BCUT2D eigenvalue weighted by Gasteiger charge is -2.22. The summed E-state index contributed by atoms with van der Waals surface area (Å²) in [4.78, 5) is 0. The fourth-order valence-electron chi connectivity index (χ4n) is 2.35. The van der Waals surface area contributed by atoms with E-state index in [2.05, 4.69) is 9.44 Å². The average molecular weight is 347 g/mol. The van der Waals surface area contributed by atoms with Crippen molar-refractivity contribution >= 4 is 31.6 Å². The van der Waals surface area contributed by atoms with Crippen LogP contribution in [0.5, 0.6) is 0 Å². The minimum Gasteiger partial charge on any atom is -0.282 e. The molecule has 9 heteroatoms. The first kappa shape index (κ1) is 17.0. The van der Waals surface area contributed by atoms with Gasteiger partial charge in [0.1, 0.15) is 0 Å². The molecule has 2 rings (SSSR count). The Balaban J connectivity index is 2.22. The third-order valence-corrected chi connectivity index (χ3v) is 5.48. The maximum Gasteiger partial charge on any atom is 0.301 e. The molecule has 0 radical (unpaired) electrons. The predicted octanol–water partition coefficient (Wildman–Crippen LogP) is 1.59. The molecule has 1 saturated heterocycles. The molecule has 7 nitrogen and oxygen atoms in total. The quantitative estimate of drug-likeness (QED) is 0.845. The van der Waals surface area contributed by atoms with Crippen molar-refractivity contribution in [3.63, 3.8) is 0 Å². The van der Waals surface area contributed by atoms with Gasteiger partial charge in [0.05, 0.1) is 17.6 Å². The summed E-state index contributed by atoms with van der Waals surface area (Å²) in [6, 6.07) is 6.33. The molecule has 0 spiro atoms. The van der Waals surface area contributed by atoms with E-state index in [1.165, 1.54) is 16.4 Å². The van der Waals surface area contributed by atoms with E-state index in [0.717, 1.165) is 31.9 Å². The molecule has 0 atom stereocenters. The Morgan fingerprint density at radius 1 is 0.864 bits per heavy atom. The maximum absolute atomic E-state index is 12.5. The van der Waals surface area contributed by atoms with Crippen molar-refractivity contribution in [3.8, 4) is 0 Å². The molecule has 0 aromatic heterocycles. The Kier molecular flexibility index (Phi) is 5.30. The Hall–Kier alpha value is -1.32. The van der Waals surface area contributed by atoms with Crippen LogP contribution in [0.25, 0.3) is 0 Å². The highest BCUT2D eigenvalue weighted by Crippen LogP contribution is 2.24. The lowest BCUT2D eigenvalue weighted by molar-refractivity contribution is 0.427. The summed E-state index contributed by atoms with van der Waals surface area (Å²) in [5.41, 5.74) is 0.431. The van der Waals surface area contributed by atoms with Crippen molar-refractivity contribution in [1.29, 1.82) is 0 Å². The topological polar surface area (TPSA) is 95.6 Å². The van der Waals surface area contributed by atoms with Crippen molar-refractivity contribution in [2.45, 2.75) is 25.7 Å². The SMILES string of the molecule is CS(=O)(=O)Nc1ccccc1NS(=O)(=O)N1CCCCCC1. The van der Waals surface area contributed by atoms with E-state index in [-0.39, 0.29) is 11.4 Å². The predicted molar refractivity (Wildman–Crippen MR) is 87.5 cm³/mol. The smallest absolute Gasteiger partial charge is 0.282 e. The molecule has 1 fully saturated rings. The first-order chi connectivity index (χ1) is 10.3. The standard InChI is InChI=1S/C13H21N3O4S2/c1-21(17,18)14-12-8-4-5-9-13(12)15-22(19,20)16-10-6-2-3-7-11-16/h4-5,8-9,14-15H,2-3,6-7,10-11H2,1H3. The van der Waals surface area contributed by atoms with E-state index in [1.54, 1.807) is 12.1 Å². The van der Waals surface area contributed by atoms with Crippen LogP contribution in [0.3, 0.4) is 0 Å². The molecule has 0 amide bonds. The monoisotopic (exact) mass is 347 g/mol. The van der Waals surface area contributed by atoms with E-state index in [9.17, 15) is 16.8 Å². The van der Waals surface area contributed by atoms with Gasteiger partial charge < -0.3 is 0 Å². The summed E-state index contributed by atoms with van der Waals surface area (Å²) < 4.78 is 53.9. The van der Waals surface area contributed by atoms with Crippen LogP contribution in [-0.4, -0.2) is 40.5 Å². The number of nitrogens with zero attached hydrogens (tertiary/aromatic N) is 1. The number of hydrogen-bond donors (Lipinski definition) is 2. The molecule has 1 aromatic carbocycles. The van der Waals surface area contributed by atoms with Crippen LogP contribution in [0.15, 0.2) is 24.3 Å². The van der Waals surface area contributed by atoms with Gasteiger partial charge in [0.25, 0.3) is 0 Å². The average Bonchev–Trinajstić information content (AvgIpc) is 2.68. The Bertz CT molecular complexity index is 709. The molecule has 1 aliphatic rings. The van der Waals surface area contributed by atoms with Crippen LogP contribution < -0.4 is 9.44 Å². The van der Waals surface area contributed by atoms with Crippen molar-refractivity contribution < 1.29 is 16.8 Å². The fourth-order valence-corrected chi connectivity index (χ4v) is 4.25. The van der Waals surface area contributed by atoms with Gasteiger partial charge in [-0.25, -0.2) is 8.42 Å². The number of hydrogen-bond acceptors (Lipinski definition) is 4. The van der Waals surface area contributed by atoms with Gasteiger partial charge in [0, 0.05) is 13.1 Å². The van der Waals surface area contributed by atoms with E-state index >= 15 is 0 Å². The molecule has 0 bridgehead atoms. The molecule has 0 aliphatic carbocycles. The highest BCUT2D eigenvalue weighted by molar-refractivity contribution is 7.92. The summed E-state index contributed by atoms with van der Waals surface area (Å²) in [6.45, 7) is 0.966. The highest BCUT2D eigenvalue weighted by Gasteiger charge is 2.23. The van der Waals surface area contributed by atoms with Crippen LogP contribution in [0.4, 0.5) is 11.4 Å². The largest absolute Gasteiger partial charge is 0.301 e. The molecule has 22 heavy (non-hydrogen) atoms. The number of sulfonamides is 1. The molecule has 1 aliphatic heterocycles. The molecule has 0 unspecified atom stereocenters. The molecule has 2 N–H and O–H groups in total. The molecule has 1 aromatic rings. The second kappa shape index (κ2) is 6.84. The van der Waals surface area contributed by atoms with Gasteiger partial charge in [-0.1, -0.05) is 25.0 Å². The fraction of sp³-hybridized carbons (Fsp3) is 0.538. The number of rotatable bonds is 5. The minimum atomic E-state index is -3.69. The lowest BCUT2D eigenvalue weighted by atomic mass is 10.2. The lowest BCUT2D eigenvalue weighted by Crippen LogP contribution is -2.36. The summed E-state index contributed by atoms with van der Waals surface area (Å²) >= 11 is 0. The van der Waals surface area contributed by atoms with E-state index < -0.39 is 20.2 Å². The number of nitrogens with one attached hydrogen (secondary N) is 2. The zero-order valence-corrected chi connectivity index (χ0v) is 14.1. The van der Waals surface area contributed by atoms with Gasteiger partial charge in [-0.2, -0.15) is 12.7 Å². The van der Waals surface area contributed by atoms with Crippen molar-refractivity contribution in [1.82, 2.24) is 4.31 Å². The first-order valence-electron chi connectivity index (χ1n) is 7.13. The number of benzene rings is 1. The third kappa shape index (κ3) is 4.85. The molecular weight excluding hydrogens is 326 g/mol. The number of anilines is 2. The zero-order chi connectivity index (χ0) is 16.2. The van der Waals surface area contributed by atoms with Crippen molar-refractivity contribution in [2.75, 3.05) is 28.8 Å². The van der Waals surface area contributed by atoms with Gasteiger partial charge >= 0.3 is 10.2 Å². The van der Waals surface area contributed by atoms with Crippen LogP contribution in [0, 0.1) is 0 Å². The van der Waals surface area contributed by atoms with Crippen LogP contribution >= 0.6 is 0 Å². The Morgan fingerprint density at radius 3 is 1.86 bits per heavy atom. The molecule has 124 valence electrons. The van der Waals surface area contributed by atoms with Crippen LogP contribution in [-0.2, 0) is 20.2 Å². The summed E-state index contributed by atoms with van der Waals surface area (Å²) in [5.74, 6) is 0. The minimum absolute atomic E-state index is 0.211.